The van der Waals surface area contributed by atoms with E-state index in [1.54, 1.807) is 0 Å². The Labute approximate surface area is 119 Å². The summed E-state index contributed by atoms with van der Waals surface area (Å²) in [6, 6.07) is 5.64. The standard InChI is InChI=1S/C13H14F3N5/c1-8-2-3-10(9(17)6-8)20-4-5-21-11(7-20)18-19-12(21)13(14,15)16/h2-3,6H,4-5,7,17H2,1H3. The first kappa shape index (κ1) is 13.7. The van der Waals surface area contributed by atoms with Gasteiger partial charge in [0.15, 0.2) is 5.82 Å². The lowest BCUT2D eigenvalue weighted by Crippen LogP contribution is -2.35. The van der Waals surface area contributed by atoms with Gasteiger partial charge in [-0.15, -0.1) is 10.2 Å². The van der Waals surface area contributed by atoms with Crippen LogP contribution in [0.1, 0.15) is 17.2 Å². The predicted octanol–water partition coefficient (Wildman–Crippen LogP) is 2.21. The van der Waals surface area contributed by atoms with E-state index >= 15 is 0 Å². The number of halogens is 3. The van der Waals surface area contributed by atoms with Crippen molar-refractivity contribution in [1.29, 1.82) is 0 Å². The first-order valence-corrected chi connectivity index (χ1v) is 6.46. The van der Waals surface area contributed by atoms with E-state index in [2.05, 4.69) is 10.2 Å². The molecule has 0 radical (unpaired) electrons. The van der Waals surface area contributed by atoms with E-state index in [4.69, 9.17) is 5.73 Å². The summed E-state index contributed by atoms with van der Waals surface area (Å²) in [4.78, 5) is 1.92. The average Bonchev–Trinajstić information content (AvgIpc) is 2.81. The Morgan fingerprint density at radius 2 is 1.95 bits per heavy atom. The Balaban J connectivity index is 1.90. The number of hydrogen-bond acceptors (Lipinski definition) is 4. The van der Waals surface area contributed by atoms with Crippen LogP contribution < -0.4 is 10.6 Å². The Kier molecular flexibility index (Phi) is 3.03. The summed E-state index contributed by atoms with van der Waals surface area (Å²) in [6.07, 6.45) is -4.48. The fraction of sp³-hybridized carbons (Fsp3) is 0.385. The second-order valence-electron chi connectivity index (χ2n) is 5.07. The van der Waals surface area contributed by atoms with E-state index < -0.39 is 12.0 Å². The number of aryl methyl sites for hydroxylation is 1. The molecule has 0 saturated carbocycles. The molecule has 0 fully saturated rings. The highest BCUT2D eigenvalue weighted by Crippen LogP contribution is 2.32. The van der Waals surface area contributed by atoms with Crippen LogP contribution in [0.25, 0.3) is 0 Å². The van der Waals surface area contributed by atoms with Crippen molar-refractivity contribution in [3.05, 3.63) is 35.4 Å². The Hall–Kier alpha value is -2.25. The lowest BCUT2D eigenvalue weighted by Gasteiger charge is -2.30. The van der Waals surface area contributed by atoms with Crippen LogP contribution in [0, 0.1) is 6.92 Å². The number of rotatable bonds is 1. The lowest BCUT2D eigenvalue weighted by molar-refractivity contribution is -0.147. The molecule has 112 valence electrons. The van der Waals surface area contributed by atoms with Crippen molar-refractivity contribution in [2.75, 3.05) is 17.2 Å². The van der Waals surface area contributed by atoms with Gasteiger partial charge in [-0.1, -0.05) is 6.07 Å². The predicted molar refractivity (Wildman–Crippen MR) is 71.7 cm³/mol. The number of nitrogens with zero attached hydrogens (tertiary/aromatic N) is 4. The van der Waals surface area contributed by atoms with Crippen LogP contribution in [-0.4, -0.2) is 21.3 Å². The minimum atomic E-state index is -4.48. The second kappa shape index (κ2) is 4.64. The maximum absolute atomic E-state index is 12.8. The van der Waals surface area contributed by atoms with E-state index in [0.717, 1.165) is 15.8 Å². The summed E-state index contributed by atoms with van der Waals surface area (Å²) in [7, 11) is 0. The maximum atomic E-state index is 12.8. The van der Waals surface area contributed by atoms with Crippen molar-refractivity contribution < 1.29 is 13.2 Å². The molecule has 3 rings (SSSR count). The zero-order valence-electron chi connectivity index (χ0n) is 11.4. The molecule has 0 unspecified atom stereocenters. The van der Waals surface area contributed by atoms with Gasteiger partial charge in [-0.2, -0.15) is 13.2 Å². The number of nitrogen functional groups attached to an aromatic ring is 1. The zero-order chi connectivity index (χ0) is 15.2. The van der Waals surface area contributed by atoms with E-state index in [1.807, 2.05) is 30.0 Å². The van der Waals surface area contributed by atoms with Gasteiger partial charge < -0.3 is 15.2 Å². The molecule has 0 amide bonds. The SMILES string of the molecule is Cc1ccc(N2CCn3c(nnc3C(F)(F)F)C2)c(N)c1. The van der Waals surface area contributed by atoms with Crippen LogP contribution >= 0.6 is 0 Å². The summed E-state index contributed by atoms with van der Waals surface area (Å²) in [5, 5.41) is 6.92. The molecule has 0 saturated heterocycles. The van der Waals surface area contributed by atoms with E-state index in [-0.39, 0.29) is 13.1 Å². The summed E-state index contributed by atoms with van der Waals surface area (Å²) < 4.78 is 39.5. The molecule has 1 aliphatic rings. The van der Waals surface area contributed by atoms with Crippen LogP contribution in [0.5, 0.6) is 0 Å². The van der Waals surface area contributed by atoms with Crippen molar-refractivity contribution >= 4 is 11.4 Å². The fourth-order valence-corrected chi connectivity index (χ4v) is 2.53. The number of anilines is 2. The summed E-state index contributed by atoms with van der Waals surface area (Å²) in [6.45, 7) is 2.81. The van der Waals surface area contributed by atoms with Gasteiger partial charge in [0.1, 0.15) is 0 Å². The lowest BCUT2D eigenvalue weighted by atomic mass is 10.1. The molecule has 21 heavy (non-hydrogen) atoms. The highest BCUT2D eigenvalue weighted by Gasteiger charge is 2.39. The molecular weight excluding hydrogens is 283 g/mol. The third-order valence-electron chi connectivity index (χ3n) is 3.53. The normalized spacial score (nSPS) is 15.1. The van der Waals surface area contributed by atoms with Gasteiger partial charge in [0.05, 0.1) is 17.9 Å². The van der Waals surface area contributed by atoms with Gasteiger partial charge >= 0.3 is 6.18 Å². The Morgan fingerprint density at radius 1 is 1.19 bits per heavy atom. The number of benzene rings is 1. The Bertz CT molecular complexity index is 677. The molecular formula is C13H14F3N5. The molecule has 2 aromatic rings. The molecule has 1 aliphatic heterocycles. The molecule has 0 atom stereocenters. The maximum Gasteiger partial charge on any atom is 0.451 e. The molecule has 0 aliphatic carbocycles. The molecule has 2 heterocycles. The largest absolute Gasteiger partial charge is 0.451 e. The van der Waals surface area contributed by atoms with Crippen LogP contribution in [0.15, 0.2) is 18.2 Å². The van der Waals surface area contributed by atoms with Crippen molar-refractivity contribution in [2.45, 2.75) is 26.2 Å². The van der Waals surface area contributed by atoms with Gasteiger partial charge in [-0.3, -0.25) is 0 Å². The summed E-state index contributed by atoms with van der Waals surface area (Å²) >= 11 is 0. The van der Waals surface area contributed by atoms with E-state index in [9.17, 15) is 13.2 Å². The number of aromatic nitrogens is 3. The van der Waals surface area contributed by atoms with E-state index in [0.29, 0.717) is 18.1 Å². The molecule has 0 spiro atoms. The Morgan fingerprint density at radius 3 is 2.62 bits per heavy atom. The summed E-state index contributed by atoms with van der Waals surface area (Å²) in [5.74, 6) is -0.637. The minimum Gasteiger partial charge on any atom is -0.397 e. The smallest absolute Gasteiger partial charge is 0.397 e. The van der Waals surface area contributed by atoms with E-state index in [1.165, 1.54) is 0 Å². The third kappa shape index (κ3) is 2.41. The van der Waals surface area contributed by atoms with Crippen LogP contribution in [0.3, 0.4) is 0 Å². The third-order valence-corrected chi connectivity index (χ3v) is 3.53. The first-order chi connectivity index (χ1) is 9.86. The van der Waals surface area contributed by atoms with Gasteiger partial charge in [-0.05, 0) is 24.6 Å². The van der Waals surface area contributed by atoms with Gasteiger partial charge in [0.25, 0.3) is 0 Å². The minimum absolute atomic E-state index is 0.185. The van der Waals surface area contributed by atoms with Crippen molar-refractivity contribution in [3.8, 4) is 0 Å². The number of alkyl halides is 3. The van der Waals surface area contributed by atoms with Crippen LogP contribution in [-0.2, 0) is 19.3 Å². The topological polar surface area (TPSA) is 60.0 Å². The highest BCUT2D eigenvalue weighted by atomic mass is 19.4. The van der Waals surface area contributed by atoms with Crippen molar-refractivity contribution in [1.82, 2.24) is 14.8 Å². The van der Waals surface area contributed by atoms with Crippen molar-refractivity contribution in [2.24, 2.45) is 0 Å². The molecule has 0 bridgehead atoms. The monoisotopic (exact) mass is 297 g/mol. The molecule has 5 nitrogen and oxygen atoms in total. The second-order valence-corrected chi connectivity index (χ2v) is 5.07. The number of nitrogens with two attached hydrogens (primary N) is 1. The first-order valence-electron chi connectivity index (χ1n) is 6.46. The number of hydrogen-bond donors (Lipinski definition) is 1. The average molecular weight is 297 g/mol. The highest BCUT2D eigenvalue weighted by molar-refractivity contribution is 5.68. The van der Waals surface area contributed by atoms with Gasteiger partial charge in [-0.25, -0.2) is 0 Å². The summed E-state index contributed by atoms with van der Waals surface area (Å²) in [5.41, 5.74) is 8.44. The quantitative estimate of drug-likeness (QED) is 0.820. The molecule has 1 aromatic carbocycles. The van der Waals surface area contributed by atoms with Gasteiger partial charge in [0, 0.05) is 13.1 Å². The molecule has 2 N–H and O–H groups in total. The van der Waals surface area contributed by atoms with Crippen molar-refractivity contribution in [3.63, 3.8) is 0 Å². The molecule has 8 heteroatoms. The van der Waals surface area contributed by atoms with Crippen LogP contribution in [0.4, 0.5) is 24.5 Å². The number of fused-ring (bicyclic) bond motifs is 1. The molecule has 1 aromatic heterocycles. The fourth-order valence-electron chi connectivity index (χ4n) is 2.53. The van der Waals surface area contributed by atoms with Gasteiger partial charge in [0.2, 0.25) is 5.82 Å². The van der Waals surface area contributed by atoms with Crippen LogP contribution in [0.2, 0.25) is 0 Å². The zero-order valence-corrected chi connectivity index (χ0v) is 11.4.